The Morgan fingerprint density at radius 1 is 1.22 bits per heavy atom. The lowest BCUT2D eigenvalue weighted by Gasteiger charge is -2.42. The maximum atomic E-state index is 13.6. The van der Waals surface area contributed by atoms with Gasteiger partial charge in [-0.15, -0.1) is 0 Å². The lowest BCUT2D eigenvalue weighted by atomic mass is 9.86. The molecular formula is C21H18FN3OS. The number of anilines is 1. The number of nitriles is 1. The van der Waals surface area contributed by atoms with Gasteiger partial charge in [-0.3, -0.25) is 9.69 Å². The molecule has 1 atom stereocenters. The van der Waals surface area contributed by atoms with Crippen molar-refractivity contribution in [2.24, 2.45) is 0 Å². The second-order valence-corrected chi connectivity index (χ2v) is 7.69. The van der Waals surface area contributed by atoms with Gasteiger partial charge in [0.25, 0.3) is 0 Å². The van der Waals surface area contributed by atoms with E-state index in [1.54, 1.807) is 17.0 Å². The number of fused-ring (bicyclic) bond motifs is 1. The van der Waals surface area contributed by atoms with Crippen LogP contribution in [0.4, 0.5) is 10.1 Å². The number of allylic oxidation sites excluding steroid dienone is 1. The Hall–Kier alpha value is -2.78. The van der Waals surface area contributed by atoms with Crippen molar-refractivity contribution in [2.75, 3.05) is 17.4 Å². The van der Waals surface area contributed by atoms with Gasteiger partial charge in [-0.25, -0.2) is 4.39 Å². The molecular weight excluding hydrogens is 361 g/mol. The molecule has 2 heterocycles. The van der Waals surface area contributed by atoms with Gasteiger partial charge in [0.15, 0.2) is 0 Å². The van der Waals surface area contributed by atoms with Crippen LogP contribution < -0.4 is 4.90 Å². The maximum Gasteiger partial charge on any atom is 0.229 e. The Labute approximate surface area is 161 Å². The first-order chi connectivity index (χ1) is 13.1. The number of amides is 1. The van der Waals surface area contributed by atoms with Crippen molar-refractivity contribution in [1.29, 1.82) is 5.26 Å². The molecule has 2 aliphatic heterocycles. The highest BCUT2D eigenvalue weighted by Gasteiger charge is 2.38. The minimum absolute atomic E-state index is 0.0393. The highest BCUT2D eigenvalue weighted by Crippen LogP contribution is 2.43. The number of hydrogen-bond acceptors (Lipinski definition) is 4. The summed E-state index contributed by atoms with van der Waals surface area (Å²) in [6, 6.07) is 16.6. The van der Waals surface area contributed by atoms with Crippen LogP contribution in [0.25, 0.3) is 0 Å². The Morgan fingerprint density at radius 3 is 2.70 bits per heavy atom. The molecule has 0 aliphatic carbocycles. The van der Waals surface area contributed by atoms with Crippen LogP contribution in [-0.4, -0.2) is 23.4 Å². The summed E-state index contributed by atoms with van der Waals surface area (Å²) in [6.45, 7) is 2.46. The number of benzene rings is 2. The summed E-state index contributed by atoms with van der Waals surface area (Å²) < 4.78 is 13.6. The summed E-state index contributed by atoms with van der Waals surface area (Å²) in [5.41, 5.74) is 3.45. The van der Waals surface area contributed by atoms with Gasteiger partial charge in [-0.05, 0) is 36.8 Å². The molecule has 2 aromatic rings. The highest BCUT2D eigenvalue weighted by atomic mass is 32.2. The number of hydrogen-bond donors (Lipinski definition) is 0. The number of halogens is 1. The van der Waals surface area contributed by atoms with Gasteiger partial charge in [-0.1, -0.05) is 41.6 Å². The molecule has 2 aromatic carbocycles. The van der Waals surface area contributed by atoms with Crippen LogP contribution in [0.5, 0.6) is 0 Å². The number of rotatable bonds is 2. The first-order valence-electron chi connectivity index (χ1n) is 8.71. The van der Waals surface area contributed by atoms with E-state index in [1.807, 2.05) is 31.2 Å². The normalized spacial score (nSPS) is 19.7. The molecule has 0 radical (unpaired) electrons. The van der Waals surface area contributed by atoms with Crippen LogP contribution in [-0.2, 0) is 4.79 Å². The van der Waals surface area contributed by atoms with E-state index in [0.29, 0.717) is 28.7 Å². The molecule has 0 bridgehead atoms. The van der Waals surface area contributed by atoms with Crippen LogP contribution in [0.3, 0.4) is 0 Å². The maximum absolute atomic E-state index is 13.6. The average Bonchev–Trinajstić information content (AvgIpc) is 2.68. The van der Waals surface area contributed by atoms with Crippen LogP contribution in [0.2, 0.25) is 0 Å². The van der Waals surface area contributed by atoms with Crippen molar-refractivity contribution < 1.29 is 9.18 Å². The predicted octanol–water partition coefficient (Wildman–Crippen LogP) is 4.35. The topological polar surface area (TPSA) is 47.3 Å². The number of carbonyl (C=O) groups is 1. The SMILES string of the molecule is Cc1ccc(N2CSC3=C(C#N)C(c4cccc(F)c4)CC(=O)N3C2)cc1. The van der Waals surface area contributed by atoms with Crippen LogP contribution in [0, 0.1) is 24.1 Å². The van der Waals surface area contributed by atoms with Crippen molar-refractivity contribution >= 4 is 23.4 Å². The summed E-state index contributed by atoms with van der Waals surface area (Å²) in [6.07, 6.45) is 0.179. The lowest BCUT2D eigenvalue weighted by molar-refractivity contribution is -0.129. The Bertz CT molecular complexity index is 964. The van der Waals surface area contributed by atoms with E-state index < -0.39 is 0 Å². The summed E-state index contributed by atoms with van der Waals surface area (Å²) >= 11 is 1.49. The van der Waals surface area contributed by atoms with E-state index in [1.165, 1.54) is 29.5 Å². The van der Waals surface area contributed by atoms with Gasteiger partial charge >= 0.3 is 0 Å². The minimum atomic E-state index is -0.386. The van der Waals surface area contributed by atoms with E-state index in [9.17, 15) is 14.4 Å². The third-order valence-corrected chi connectivity index (χ3v) is 6.10. The second kappa shape index (κ2) is 7.09. The van der Waals surface area contributed by atoms with Gasteiger partial charge in [0, 0.05) is 18.0 Å². The molecule has 1 saturated heterocycles. The number of nitrogens with zero attached hydrogens (tertiary/aromatic N) is 3. The zero-order valence-corrected chi connectivity index (χ0v) is 15.7. The van der Waals surface area contributed by atoms with Crippen molar-refractivity contribution in [3.05, 3.63) is 76.1 Å². The molecule has 136 valence electrons. The van der Waals surface area contributed by atoms with Crippen LogP contribution in [0.15, 0.2) is 59.1 Å². The van der Waals surface area contributed by atoms with E-state index >= 15 is 0 Å². The fraction of sp³-hybridized carbons (Fsp3) is 0.238. The summed E-state index contributed by atoms with van der Waals surface area (Å²) in [5, 5.41) is 10.5. The molecule has 6 heteroatoms. The summed E-state index contributed by atoms with van der Waals surface area (Å²) in [7, 11) is 0. The zero-order valence-electron chi connectivity index (χ0n) is 14.9. The molecule has 0 aromatic heterocycles. The fourth-order valence-electron chi connectivity index (χ4n) is 3.49. The molecule has 0 spiro atoms. The van der Waals surface area contributed by atoms with Gasteiger partial charge < -0.3 is 4.90 Å². The molecule has 0 saturated carbocycles. The first kappa shape index (κ1) is 17.6. The average molecular weight is 379 g/mol. The van der Waals surface area contributed by atoms with Crippen molar-refractivity contribution in [3.8, 4) is 6.07 Å². The van der Waals surface area contributed by atoms with E-state index in [2.05, 4.69) is 11.0 Å². The Kier molecular flexibility index (Phi) is 4.63. The molecule has 1 amide bonds. The lowest BCUT2D eigenvalue weighted by Crippen LogP contribution is -2.47. The van der Waals surface area contributed by atoms with Crippen molar-refractivity contribution in [3.63, 3.8) is 0 Å². The molecule has 1 fully saturated rings. The quantitative estimate of drug-likeness (QED) is 0.778. The predicted molar refractivity (Wildman–Crippen MR) is 104 cm³/mol. The van der Waals surface area contributed by atoms with E-state index in [4.69, 9.17) is 0 Å². The largest absolute Gasteiger partial charge is 0.344 e. The molecule has 4 rings (SSSR count). The fourth-order valence-corrected chi connectivity index (χ4v) is 4.66. The standard InChI is InChI=1S/C21H18FN3OS/c1-14-5-7-17(8-6-14)24-12-25-20(26)10-18(15-3-2-4-16(22)9-15)19(11-23)21(25)27-13-24/h2-9,18H,10,12-13H2,1H3. The third-order valence-electron chi connectivity index (χ3n) is 4.94. The molecule has 0 N–H and O–H groups in total. The Morgan fingerprint density at radius 2 is 2.00 bits per heavy atom. The highest BCUT2D eigenvalue weighted by molar-refractivity contribution is 8.03. The van der Waals surface area contributed by atoms with Gasteiger partial charge in [0.05, 0.1) is 29.2 Å². The van der Waals surface area contributed by atoms with Crippen molar-refractivity contribution in [2.45, 2.75) is 19.3 Å². The van der Waals surface area contributed by atoms with Crippen LogP contribution >= 0.6 is 11.8 Å². The number of aryl methyl sites for hydroxylation is 1. The number of thioether (sulfide) groups is 1. The smallest absolute Gasteiger partial charge is 0.229 e. The molecule has 4 nitrogen and oxygen atoms in total. The summed E-state index contributed by atoms with van der Waals surface area (Å²) in [5.74, 6) is -0.125. The monoisotopic (exact) mass is 379 g/mol. The molecule has 1 unspecified atom stereocenters. The van der Waals surface area contributed by atoms with Gasteiger partial charge in [0.1, 0.15) is 5.82 Å². The third kappa shape index (κ3) is 3.31. The molecule has 2 aliphatic rings. The zero-order chi connectivity index (χ0) is 19.0. The van der Waals surface area contributed by atoms with Gasteiger partial charge in [0.2, 0.25) is 5.91 Å². The second-order valence-electron chi connectivity index (χ2n) is 6.75. The van der Waals surface area contributed by atoms with E-state index in [0.717, 1.165) is 5.69 Å². The van der Waals surface area contributed by atoms with E-state index in [-0.39, 0.29) is 24.1 Å². The van der Waals surface area contributed by atoms with Crippen molar-refractivity contribution in [1.82, 2.24) is 4.90 Å². The molecule has 27 heavy (non-hydrogen) atoms. The van der Waals surface area contributed by atoms with Crippen LogP contribution in [0.1, 0.15) is 23.5 Å². The first-order valence-corrected chi connectivity index (χ1v) is 9.70. The van der Waals surface area contributed by atoms with Gasteiger partial charge in [-0.2, -0.15) is 5.26 Å². The minimum Gasteiger partial charge on any atom is -0.344 e. The number of carbonyl (C=O) groups excluding carboxylic acids is 1. The summed E-state index contributed by atoms with van der Waals surface area (Å²) in [4.78, 5) is 16.6. The Balaban J connectivity index is 1.66.